The fraction of sp³-hybridized carbons (Fsp3) is 0.567. The topological polar surface area (TPSA) is 31.6 Å². The Labute approximate surface area is 206 Å². The predicted molar refractivity (Wildman–Crippen MR) is 139 cm³/mol. The van der Waals surface area contributed by atoms with Gasteiger partial charge in [-0.2, -0.15) is 0 Å². The number of hydrogen-bond donors (Lipinski definition) is 0. The molecule has 2 aromatic rings. The lowest BCUT2D eigenvalue weighted by Crippen LogP contribution is -2.33. The second-order valence-electron chi connectivity index (χ2n) is 9.37. The minimum absolute atomic E-state index is 0.288. The van der Waals surface area contributed by atoms with Crippen LogP contribution >= 0.6 is 0 Å². The molecule has 1 aromatic heterocycles. The van der Waals surface area contributed by atoms with Crippen LogP contribution in [0.25, 0.3) is 6.08 Å². The SMILES string of the molecule is CCCCCCCCCC[n+]1ccc(C2OCC(=Cc3ccc(OCCCC)cc3)CO2)cc1. The van der Waals surface area contributed by atoms with Crippen molar-refractivity contribution in [3.63, 3.8) is 0 Å². The molecule has 0 bridgehead atoms. The minimum atomic E-state index is -0.288. The molecule has 4 nitrogen and oxygen atoms in total. The third-order valence-corrected chi connectivity index (χ3v) is 6.32. The fourth-order valence-electron chi connectivity index (χ4n) is 4.16. The molecule has 1 saturated heterocycles. The molecule has 0 aliphatic carbocycles. The van der Waals surface area contributed by atoms with Crippen molar-refractivity contribution in [1.29, 1.82) is 0 Å². The first-order chi connectivity index (χ1) is 16.8. The van der Waals surface area contributed by atoms with Gasteiger partial charge in [0.1, 0.15) is 12.3 Å². The molecular weight excluding hydrogens is 422 g/mol. The van der Waals surface area contributed by atoms with Crippen LogP contribution in [-0.2, 0) is 16.0 Å². The lowest BCUT2D eigenvalue weighted by Gasteiger charge is -2.25. The molecule has 0 unspecified atom stereocenters. The van der Waals surface area contributed by atoms with Gasteiger partial charge in [-0.3, -0.25) is 0 Å². The summed E-state index contributed by atoms with van der Waals surface area (Å²) in [6.45, 7) is 7.48. The molecule has 2 heterocycles. The van der Waals surface area contributed by atoms with Gasteiger partial charge in [0.15, 0.2) is 18.7 Å². The average Bonchev–Trinajstić information content (AvgIpc) is 2.88. The van der Waals surface area contributed by atoms with Crippen molar-refractivity contribution in [3.8, 4) is 5.75 Å². The van der Waals surface area contributed by atoms with Crippen molar-refractivity contribution in [3.05, 3.63) is 65.5 Å². The smallest absolute Gasteiger partial charge is 0.185 e. The molecule has 1 aromatic carbocycles. The van der Waals surface area contributed by atoms with Crippen LogP contribution in [0, 0.1) is 0 Å². The van der Waals surface area contributed by atoms with E-state index in [9.17, 15) is 0 Å². The third kappa shape index (κ3) is 9.60. The minimum Gasteiger partial charge on any atom is -0.494 e. The number of ether oxygens (including phenoxy) is 3. The van der Waals surface area contributed by atoms with Crippen molar-refractivity contribution >= 4 is 6.08 Å². The third-order valence-electron chi connectivity index (χ3n) is 6.32. The number of benzene rings is 1. The molecule has 186 valence electrons. The van der Waals surface area contributed by atoms with Crippen molar-refractivity contribution in [2.75, 3.05) is 19.8 Å². The molecule has 0 N–H and O–H groups in total. The maximum absolute atomic E-state index is 6.01. The van der Waals surface area contributed by atoms with Gasteiger partial charge < -0.3 is 14.2 Å². The average molecular weight is 467 g/mol. The van der Waals surface area contributed by atoms with Crippen LogP contribution < -0.4 is 9.30 Å². The molecule has 1 fully saturated rings. The zero-order valence-corrected chi connectivity index (χ0v) is 21.3. The van der Waals surface area contributed by atoms with Gasteiger partial charge >= 0.3 is 0 Å². The highest BCUT2D eigenvalue weighted by atomic mass is 16.7. The highest BCUT2D eigenvalue weighted by molar-refractivity contribution is 5.54. The summed E-state index contributed by atoms with van der Waals surface area (Å²) in [5.41, 5.74) is 3.38. The van der Waals surface area contributed by atoms with Gasteiger partial charge in [0, 0.05) is 24.1 Å². The van der Waals surface area contributed by atoms with E-state index >= 15 is 0 Å². The lowest BCUT2D eigenvalue weighted by molar-refractivity contribution is -0.697. The molecule has 3 rings (SSSR count). The number of rotatable bonds is 15. The molecule has 0 atom stereocenters. The number of aryl methyl sites for hydroxylation is 1. The van der Waals surface area contributed by atoms with Gasteiger partial charge in [0.25, 0.3) is 0 Å². The normalized spacial score (nSPS) is 15.9. The fourth-order valence-corrected chi connectivity index (χ4v) is 4.16. The highest BCUT2D eigenvalue weighted by Crippen LogP contribution is 2.25. The van der Waals surface area contributed by atoms with Gasteiger partial charge in [-0.15, -0.1) is 0 Å². The predicted octanol–water partition coefficient (Wildman–Crippen LogP) is 7.42. The first-order valence-corrected chi connectivity index (χ1v) is 13.4. The monoisotopic (exact) mass is 466 g/mol. The summed E-state index contributed by atoms with van der Waals surface area (Å²) < 4.78 is 20.0. The Bertz CT molecular complexity index is 819. The van der Waals surface area contributed by atoms with E-state index in [2.05, 4.69) is 61.1 Å². The molecule has 4 heteroatoms. The maximum atomic E-state index is 6.01. The largest absolute Gasteiger partial charge is 0.494 e. The van der Waals surface area contributed by atoms with E-state index in [4.69, 9.17) is 14.2 Å². The molecule has 1 aliphatic heterocycles. The van der Waals surface area contributed by atoms with Crippen LogP contribution in [0.15, 0.2) is 54.4 Å². The zero-order chi connectivity index (χ0) is 23.8. The van der Waals surface area contributed by atoms with Crippen LogP contribution in [0.1, 0.15) is 95.5 Å². The van der Waals surface area contributed by atoms with E-state index < -0.39 is 0 Å². The van der Waals surface area contributed by atoms with Crippen molar-refractivity contribution in [2.24, 2.45) is 0 Å². The standard InChI is InChI=1S/C30H44NO3/c1-3-5-7-8-9-10-11-12-19-31-20-17-28(18-21-31)30-33-24-27(25-34-30)23-26-13-15-29(16-14-26)32-22-6-4-2/h13-18,20-21,23,30H,3-12,19,22,24-25H2,1-2H3/q+1. The summed E-state index contributed by atoms with van der Waals surface area (Å²) in [5, 5.41) is 0. The molecule has 34 heavy (non-hydrogen) atoms. The molecule has 0 saturated carbocycles. The number of hydrogen-bond acceptors (Lipinski definition) is 3. The molecule has 0 radical (unpaired) electrons. The van der Waals surface area contributed by atoms with Crippen LogP contribution in [0.3, 0.4) is 0 Å². The first kappa shape index (κ1) is 26.4. The summed E-state index contributed by atoms with van der Waals surface area (Å²) in [7, 11) is 0. The van der Waals surface area contributed by atoms with E-state index in [0.717, 1.165) is 48.4 Å². The number of unbranched alkanes of at least 4 members (excludes halogenated alkanes) is 8. The number of nitrogens with zero attached hydrogens (tertiary/aromatic N) is 1. The van der Waals surface area contributed by atoms with E-state index in [1.54, 1.807) is 0 Å². The van der Waals surface area contributed by atoms with Crippen molar-refractivity contribution in [2.45, 2.75) is 90.9 Å². The lowest BCUT2D eigenvalue weighted by atomic mass is 10.1. The van der Waals surface area contributed by atoms with Crippen LogP contribution in [0.4, 0.5) is 0 Å². The quantitative estimate of drug-likeness (QED) is 0.202. The van der Waals surface area contributed by atoms with E-state index in [1.807, 2.05) is 12.1 Å². The van der Waals surface area contributed by atoms with Gasteiger partial charge in [-0.25, -0.2) is 4.57 Å². The van der Waals surface area contributed by atoms with Gasteiger partial charge in [-0.1, -0.05) is 77.0 Å². The highest BCUT2D eigenvalue weighted by Gasteiger charge is 2.20. The van der Waals surface area contributed by atoms with E-state index in [-0.39, 0.29) is 6.29 Å². The molecule has 0 spiro atoms. The van der Waals surface area contributed by atoms with E-state index in [1.165, 1.54) is 51.4 Å². The van der Waals surface area contributed by atoms with Crippen LogP contribution in [0.5, 0.6) is 5.75 Å². The van der Waals surface area contributed by atoms with E-state index in [0.29, 0.717) is 13.2 Å². The Kier molecular flexibility index (Phi) is 12.2. The van der Waals surface area contributed by atoms with Crippen molar-refractivity contribution < 1.29 is 18.8 Å². The second-order valence-corrected chi connectivity index (χ2v) is 9.37. The summed E-state index contributed by atoms with van der Waals surface area (Å²) >= 11 is 0. The van der Waals surface area contributed by atoms with Gasteiger partial charge in [0.2, 0.25) is 0 Å². The Hall–Kier alpha value is -2.17. The van der Waals surface area contributed by atoms with Crippen LogP contribution in [0.2, 0.25) is 0 Å². The van der Waals surface area contributed by atoms with Gasteiger partial charge in [-0.05, 0) is 36.1 Å². The van der Waals surface area contributed by atoms with Crippen LogP contribution in [-0.4, -0.2) is 19.8 Å². The van der Waals surface area contributed by atoms with Crippen molar-refractivity contribution in [1.82, 2.24) is 0 Å². The van der Waals surface area contributed by atoms with Gasteiger partial charge in [0.05, 0.1) is 19.8 Å². The molecular formula is C30H44NO3+. The number of pyridine rings is 1. The summed E-state index contributed by atoms with van der Waals surface area (Å²) in [5.74, 6) is 0.926. The Morgan fingerprint density at radius 3 is 2.06 bits per heavy atom. The summed E-state index contributed by atoms with van der Waals surface area (Å²) in [6.07, 6.45) is 19.2. The summed E-state index contributed by atoms with van der Waals surface area (Å²) in [6, 6.07) is 12.5. The molecule has 0 amide bonds. The maximum Gasteiger partial charge on any atom is 0.185 e. The second kappa shape index (κ2) is 15.7. The Balaban J connectivity index is 1.36. The Morgan fingerprint density at radius 2 is 1.41 bits per heavy atom. The zero-order valence-electron chi connectivity index (χ0n) is 21.3. The summed E-state index contributed by atoms with van der Waals surface area (Å²) in [4.78, 5) is 0. The first-order valence-electron chi connectivity index (χ1n) is 13.4. The Morgan fingerprint density at radius 1 is 0.794 bits per heavy atom. The molecule has 1 aliphatic rings. The number of aromatic nitrogens is 1.